The molecule has 2 aromatic rings. The van der Waals surface area contributed by atoms with Gasteiger partial charge in [0, 0.05) is 6.61 Å². The molecule has 1 aromatic carbocycles. The van der Waals surface area contributed by atoms with Gasteiger partial charge in [-0.15, -0.1) is 11.6 Å². The van der Waals surface area contributed by atoms with Crippen LogP contribution < -0.4 is 0 Å². The molecular weight excluding hydrogens is 264 g/mol. The molecule has 5 heteroatoms. The van der Waals surface area contributed by atoms with Crippen LogP contribution in [0.15, 0.2) is 34.9 Å². The van der Waals surface area contributed by atoms with E-state index in [4.69, 9.17) is 20.9 Å². The lowest BCUT2D eigenvalue weighted by atomic mass is 10.1. The molecule has 1 atom stereocenters. The molecule has 0 aliphatic carbocycles. The molecular formula is C14H17ClN2O2. The summed E-state index contributed by atoms with van der Waals surface area (Å²) in [5.41, 5.74) is 0.345. The van der Waals surface area contributed by atoms with Crippen LogP contribution in [0.1, 0.15) is 43.4 Å². The normalized spacial score (nSPS) is 13.5. The molecule has 1 heterocycles. The third kappa shape index (κ3) is 3.14. The Balaban J connectivity index is 2.22. The smallest absolute Gasteiger partial charge is 0.249 e. The van der Waals surface area contributed by atoms with Crippen molar-refractivity contribution in [3.8, 4) is 0 Å². The van der Waals surface area contributed by atoms with Crippen molar-refractivity contribution in [1.29, 1.82) is 0 Å². The topological polar surface area (TPSA) is 48.2 Å². The van der Waals surface area contributed by atoms with E-state index in [1.165, 1.54) is 0 Å². The molecule has 2 rings (SSSR count). The maximum Gasteiger partial charge on any atom is 0.249 e. The summed E-state index contributed by atoms with van der Waals surface area (Å²) in [6.07, 6.45) is 0. The van der Waals surface area contributed by atoms with Crippen LogP contribution in [0, 0.1) is 0 Å². The average molecular weight is 281 g/mol. The van der Waals surface area contributed by atoms with Gasteiger partial charge >= 0.3 is 0 Å². The molecule has 0 saturated heterocycles. The van der Waals surface area contributed by atoms with Crippen molar-refractivity contribution in [2.45, 2.75) is 31.7 Å². The van der Waals surface area contributed by atoms with Gasteiger partial charge in [-0.3, -0.25) is 0 Å². The van der Waals surface area contributed by atoms with E-state index < -0.39 is 11.0 Å². The Labute approximate surface area is 117 Å². The lowest BCUT2D eigenvalue weighted by Gasteiger charge is -2.19. The maximum absolute atomic E-state index is 6.34. The molecule has 0 radical (unpaired) electrons. The second-order valence-electron chi connectivity index (χ2n) is 4.67. The van der Waals surface area contributed by atoms with Crippen LogP contribution in [0.4, 0.5) is 0 Å². The summed E-state index contributed by atoms with van der Waals surface area (Å²) in [5, 5.41) is 3.51. The van der Waals surface area contributed by atoms with Gasteiger partial charge in [-0.1, -0.05) is 35.5 Å². The SMILES string of the molecule is CCOC(C)(C)c1noc(C(Cl)c2ccccc2)n1. The highest BCUT2D eigenvalue weighted by molar-refractivity contribution is 6.22. The molecule has 1 unspecified atom stereocenters. The fraction of sp³-hybridized carbons (Fsp3) is 0.429. The highest BCUT2D eigenvalue weighted by atomic mass is 35.5. The molecule has 0 bridgehead atoms. The largest absolute Gasteiger partial charge is 0.368 e. The van der Waals surface area contributed by atoms with Gasteiger partial charge in [-0.05, 0) is 26.3 Å². The van der Waals surface area contributed by atoms with Gasteiger partial charge in [0.1, 0.15) is 11.0 Å². The van der Waals surface area contributed by atoms with Gasteiger partial charge in [-0.2, -0.15) is 4.98 Å². The molecule has 102 valence electrons. The summed E-state index contributed by atoms with van der Waals surface area (Å²) in [7, 11) is 0. The Hall–Kier alpha value is -1.39. The number of hydrogen-bond acceptors (Lipinski definition) is 4. The molecule has 0 fully saturated rings. The number of rotatable bonds is 5. The van der Waals surface area contributed by atoms with Gasteiger partial charge in [0.25, 0.3) is 0 Å². The van der Waals surface area contributed by atoms with E-state index in [9.17, 15) is 0 Å². The molecule has 0 aliphatic heterocycles. The van der Waals surface area contributed by atoms with E-state index >= 15 is 0 Å². The molecule has 0 aliphatic rings. The predicted molar refractivity (Wildman–Crippen MR) is 73.1 cm³/mol. The summed E-state index contributed by atoms with van der Waals surface area (Å²) in [6, 6.07) is 9.63. The van der Waals surface area contributed by atoms with Crippen LogP contribution in [0.2, 0.25) is 0 Å². The Morgan fingerprint density at radius 1 is 1.32 bits per heavy atom. The van der Waals surface area contributed by atoms with Crippen molar-refractivity contribution in [2.24, 2.45) is 0 Å². The molecule has 0 saturated carbocycles. The van der Waals surface area contributed by atoms with E-state index in [1.807, 2.05) is 51.1 Å². The first-order valence-electron chi connectivity index (χ1n) is 6.21. The van der Waals surface area contributed by atoms with E-state index in [1.54, 1.807) is 0 Å². The predicted octanol–water partition coefficient (Wildman–Crippen LogP) is 3.67. The summed E-state index contributed by atoms with van der Waals surface area (Å²) >= 11 is 6.34. The van der Waals surface area contributed by atoms with Gasteiger partial charge in [0.15, 0.2) is 0 Å². The molecule has 19 heavy (non-hydrogen) atoms. The van der Waals surface area contributed by atoms with E-state index in [0.29, 0.717) is 18.3 Å². The monoisotopic (exact) mass is 280 g/mol. The number of nitrogens with zero attached hydrogens (tertiary/aromatic N) is 2. The average Bonchev–Trinajstić information content (AvgIpc) is 2.89. The Bertz CT molecular complexity index is 525. The van der Waals surface area contributed by atoms with Gasteiger partial charge < -0.3 is 9.26 Å². The fourth-order valence-corrected chi connectivity index (χ4v) is 2.01. The van der Waals surface area contributed by atoms with Crippen LogP contribution >= 0.6 is 11.6 Å². The van der Waals surface area contributed by atoms with E-state index in [0.717, 1.165) is 5.56 Å². The van der Waals surface area contributed by atoms with Crippen LogP contribution in [0.5, 0.6) is 0 Å². The first kappa shape index (κ1) is 14.0. The van der Waals surface area contributed by atoms with Crippen molar-refractivity contribution in [3.05, 3.63) is 47.6 Å². The minimum atomic E-state index is -0.580. The summed E-state index contributed by atoms with van der Waals surface area (Å²) in [5.74, 6) is 0.890. The Morgan fingerprint density at radius 3 is 2.63 bits per heavy atom. The Kier molecular flexibility index (Phi) is 4.22. The van der Waals surface area contributed by atoms with E-state index in [-0.39, 0.29) is 0 Å². The van der Waals surface area contributed by atoms with Crippen molar-refractivity contribution in [3.63, 3.8) is 0 Å². The second kappa shape index (κ2) is 5.72. The van der Waals surface area contributed by atoms with Crippen LogP contribution in [0.25, 0.3) is 0 Å². The van der Waals surface area contributed by atoms with Gasteiger partial charge in [0.05, 0.1) is 0 Å². The number of halogens is 1. The van der Waals surface area contributed by atoms with Crippen LogP contribution in [-0.4, -0.2) is 16.7 Å². The number of alkyl halides is 1. The molecule has 1 aromatic heterocycles. The highest BCUT2D eigenvalue weighted by Gasteiger charge is 2.29. The molecule has 4 nitrogen and oxygen atoms in total. The number of hydrogen-bond donors (Lipinski definition) is 0. The quantitative estimate of drug-likeness (QED) is 0.784. The van der Waals surface area contributed by atoms with Gasteiger partial charge in [-0.25, -0.2) is 0 Å². The standard InChI is InChI=1S/C14H17ClN2O2/c1-4-18-14(2,3)13-16-12(19-17-13)11(15)10-8-6-5-7-9-10/h5-9,11H,4H2,1-3H3. The third-order valence-electron chi connectivity index (χ3n) is 2.79. The number of benzene rings is 1. The lowest BCUT2D eigenvalue weighted by molar-refractivity contribution is -0.0221. The minimum Gasteiger partial charge on any atom is -0.368 e. The number of aromatic nitrogens is 2. The third-order valence-corrected chi connectivity index (χ3v) is 3.23. The zero-order valence-electron chi connectivity index (χ0n) is 11.3. The summed E-state index contributed by atoms with van der Waals surface area (Å²) in [6.45, 7) is 6.31. The molecule has 0 spiro atoms. The van der Waals surface area contributed by atoms with Crippen molar-refractivity contribution in [2.75, 3.05) is 6.61 Å². The summed E-state index contributed by atoms with van der Waals surface area (Å²) in [4.78, 5) is 4.34. The first-order chi connectivity index (χ1) is 9.04. The first-order valence-corrected chi connectivity index (χ1v) is 6.65. The highest BCUT2D eigenvalue weighted by Crippen LogP contribution is 2.29. The van der Waals surface area contributed by atoms with Crippen LogP contribution in [-0.2, 0) is 10.3 Å². The van der Waals surface area contributed by atoms with Crippen molar-refractivity contribution in [1.82, 2.24) is 10.1 Å². The lowest BCUT2D eigenvalue weighted by Crippen LogP contribution is -2.23. The minimum absolute atomic E-state index is 0.385. The second-order valence-corrected chi connectivity index (χ2v) is 5.11. The van der Waals surface area contributed by atoms with Crippen molar-refractivity contribution < 1.29 is 9.26 Å². The molecule has 0 N–H and O–H groups in total. The molecule has 0 amide bonds. The van der Waals surface area contributed by atoms with Crippen molar-refractivity contribution >= 4 is 11.6 Å². The number of ether oxygens (including phenoxy) is 1. The van der Waals surface area contributed by atoms with Crippen LogP contribution in [0.3, 0.4) is 0 Å². The fourth-order valence-electron chi connectivity index (χ4n) is 1.77. The van der Waals surface area contributed by atoms with Gasteiger partial charge in [0.2, 0.25) is 11.7 Å². The zero-order valence-corrected chi connectivity index (χ0v) is 12.0. The Morgan fingerprint density at radius 2 is 2.00 bits per heavy atom. The van der Waals surface area contributed by atoms with E-state index in [2.05, 4.69) is 10.1 Å². The zero-order chi connectivity index (χ0) is 13.9. The maximum atomic E-state index is 6.34. The summed E-state index contributed by atoms with van der Waals surface area (Å²) < 4.78 is 10.8.